The van der Waals surface area contributed by atoms with Crippen molar-refractivity contribution in [3.05, 3.63) is 78.6 Å². The Labute approximate surface area is 174 Å². The Balaban J connectivity index is 1.41. The van der Waals surface area contributed by atoms with Gasteiger partial charge in [0.1, 0.15) is 18.2 Å². The van der Waals surface area contributed by atoms with E-state index in [0.29, 0.717) is 12.4 Å². The first-order valence-electron chi connectivity index (χ1n) is 9.96. The maximum atomic E-state index is 6.12. The van der Waals surface area contributed by atoms with Gasteiger partial charge >= 0.3 is 0 Å². The van der Waals surface area contributed by atoms with Gasteiger partial charge in [0, 0.05) is 49.2 Å². The van der Waals surface area contributed by atoms with Gasteiger partial charge < -0.3 is 10.5 Å². The lowest BCUT2D eigenvalue weighted by Crippen LogP contribution is -2.38. The third-order valence-electron chi connectivity index (χ3n) is 5.40. The van der Waals surface area contributed by atoms with Gasteiger partial charge in [-0.25, -0.2) is 15.0 Å². The lowest BCUT2D eigenvalue weighted by atomic mass is 10.0. The molecule has 1 aliphatic rings. The van der Waals surface area contributed by atoms with Gasteiger partial charge in [0.2, 0.25) is 0 Å². The van der Waals surface area contributed by atoms with E-state index in [0.717, 1.165) is 47.4 Å². The van der Waals surface area contributed by atoms with Crippen LogP contribution < -0.4 is 5.73 Å². The summed E-state index contributed by atoms with van der Waals surface area (Å²) in [5.41, 5.74) is 10.9. The zero-order valence-electron chi connectivity index (χ0n) is 16.5. The molecule has 150 valence electrons. The minimum absolute atomic E-state index is 0.144. The van der Waals surface area contributed by atoms with E-state index in [4.69, 9.17) is 10.5 Å². The summed E-state index contributed by atoms with van der Waals surface area (Å²) >= 11 is 0. The van der Waals surface area contributed by atoms with Crippen molar-refractivity contribution in [1.82, 2.24) is 24.8 Å². The zero-order valence-corrected chi connectivity index (χ0v) is 16.5. The smallest absolute Gasteiger partial charge is 0.123 e. The predicted octanol–water partition coefficient (Wildman–Crippen LogP) is 3.24. The lowest BCUT2D eigenvalue weighted by Gasteiger charge is -2.33. The highest BCUT2D eigenvalue weighted by Crippen LogP contribution is 2.31. The Hall–Kier alpha value is -3.42. The Morgan fingerprint density at radius 1 is 1.07 bits per heavy atom. The number of aromatic nitrogens is 4. The molecule has 2 N–H and O–H groups in total. The van der Waals surface area contributed by atoms with Gasteiger partial charge in [-0.3, -0.25) is 9.88 Å². The standard InChI is InChI=1S/C23H22N6O/c24-21-11-17(6-8-26-21)19-12-25-15-28-23(19)20-14-29(9-10-30-20)13-18-4-1-3-16-5-2-7-27-22(16)18/h1-8,11-12,15,20H,9-10,13-14H2,(H2,24,26)/t20-/m1/s1. The molecule has 1 saturated heterocycles. The van der Waals surface area contributed by atoms with Crippen LogP contribution in [0.4, 0.5) is 5.82 Å². The first-order chi connectivity index (χ1) is 14.8. The molecule has 1 aromatic carbocycles. The Morgan fingerprint density at radius 2 is 2.00 bits per heavy atom. The molecular formula is C23H22N6O. The van der Waals surface area contributed by atoms with Gasteiger partial charge in [0.15, 0.2) is 0 Å². The van der Waals surface area contributed by atoms with Crippen LogP contribution in [0, 0.1) is 0 Å². The molecule has 0 radical (unpaired) electrons. The van der Waals surface area contributed by atoms with E-state index in [2.05, 4.69) is 49.1 Å². The topological polar surface area (TPSA) is 90.1 Å². The number of nitrogen functional groups attached to an aromatic ring is 1. The highest BCUT2D eigenvalue weighted by atomic mass is 16.5. The number of rotatable bonds is 4. The minimum atomic E-state index is -0.144. The average Bonchev–Trinajstić information content (AvgIpc) is 2.80. The van der Waals surface area contributed by atoms with E-state index in [1.807, 2.05) is 30.6 Å². The molecule has 1 fully saturated rings. The lowest BCUT2D eigenvalue weighted by molar-refractivity contribution is -0.0346. The molecule has 0 spiro atoms. The first kappa shape index (κ1) is 18.6. The molecule has 4 aromatic rings. The average molecular weight is 398 g/mol. The fourth-order valence-corrected chi connectivity index (χ4v) is 3.98. The monoisotopic (exact) mass is 398 g/mol. The number of anilines is 1. The normalized spacial score (nSPS) is 17.3. The maximum Gasteiger partial charge on any atom is 0.123 e. The number of benzene rings is 1. The Morgan fingerprint density at radius 3 is 2.93 bits per heavy atom. The molecule has 0 bridgehead atoms. The van der Waals surface area contributed by atoms with Crippen LogP contribution in [0.5, 0.6) is 0 Å². The molecule has 0 amide bonds. The molecule has 4 heterocycles. The minimum Gasteiger partial charge on any atom is -0.384 e. The summed E-state index contributed by atoms with van der Waals surface area (Å²) in [6.45, 7) is 3.07. The molecular weight excluding hydrogens is 376 g/mol. The molecule has 0 unspecified atom stereocenters. The Bertz CT molecular complexity index is 1180. The van der Waals surface area contributed by atoms with Gasteiger partial charge in [-0.05, 0) is 29.3 Å². The molecule has 3 aromatic heterocycles. The van der Waals surface area contributed by atoms with Gasteiger partial charge in [0.25, 0.3) is 0 Å². The molecule has 7 heteroatoms. The van der Waals surface area contributed by atoms with Crippen LogP contribution in [0.25, 0.3) is 22.0 Å². The van der Waals surface area contributed by atoms with E-state index >= 15 is 0 Å². The molecule has 5 rings (SSSR count). The van der Waals surface area contributed by atoms with Crippen molar-refractivity contribution >= 4 is 16.7 Å². The summed E-state index contributed by atoms with van der Waals surface area (Å²) in [5, 5.41) is 1.16. The first-order valence-corrected chi connectivity index (χ1v) is 9.96. The van der Waals surface area contributed by atoms with Gasteiger partial charge in [0.05, 0.1) is 17.8 Å². The second-order valence-corrected chi connectivity index (χ2v) is 7.38. The maximum absolute atomic E-state index is 6.12. The molecule has 30 heavy (non-hydrogen) atoms. The van der Waals surface area contributed by atoms with Crippen molar-refractivity contribution in [2.45, 2.75) is 12.6 Å². The second kappa shape index (κ2) is 8.14. The van der Waals surface area contributed by atoms with Gasteiger partial charge in [-0.2, -0.15) is 0 Å². The van der Waals surface area contributed by atoms with Crippen molar-refractivity contribution < 1.29 is 4.74 Å². The van der Waals surface area contributed by atoms with Crippen LogP contribution in [0.1, 0.15) is 17.4 Å². The number of hydrogen-bond donors (Lipinski definition) is 1. The van der Waals surface area contributed by atoms with Crippen LogP contribution in [0.15, 0.2) is 67.4 Å². The number of nitrogens with zero attached hydrogens (tertiary/aromatic N) is 5. The fourth-order valence-electron chi connectivity index (χ4n) is 3.98. The predicted molar refractivity (Wildman–Crippen MR) is 115 cm³/mol. The number of hydrogen-bond acceptors (Lipinski definition) is 7. The summed E-state index contributed by atoms with van der Waals surface area (Å²) in [7, 11) is 0. The number of ether oxygens (including phenoxy) is 1. The van der Waals surface area contributed by atoms with Gasteiger partial charge in [-0.1, -0.05) is 24.3 Å². The highest BCUT2D eigenvalue weighted by molar-refractivity contribution is 5.81. The van der Waals surface area contributed by atoms with Crippen LogP contribution in [0.2, 0.25) is 0 Å². The van der Waals surface area contributed by atoms with Crippen molar-refractivity contribution in [3.8, 4) is 11.1 Å². The molecule has 1 atom stereocenters. The molecule has 7 nitrogen and oxygen atoms in total. The van der Waals surface area contributed by atoms with Gasteiger partial charge in [-0.15, -0.1) is 0 Å². The number of nitrogens with two attached hydrogens (primary N) is 1. The van der Waals surface area contributed by atoms with Crippen LogP contribution in [-0.4, -0.2) is 44.5 Å². The van der Waals surface area contributed by atoms with E-state index in [-0.39, 0.29) is 6.10 Å². The third kappa shape index (κ3) is 3.72. The van der Waals surface area contributed by atoms with E-state index < -0.39 is 0 Å². The molecule has 0 aliphatic carbocycles. The highest BCUT2D eigenvalue weighted by Gasteiger charge is 2.26. The summed E-state index contributed by atoms with van der Waals surface area (Å²) in [6.07, 6.45) is 6.79. The second-order valence-electron chi connectivity index (χ2n) is 7.38. The van der Waals surface area contributed by atoms with E-state index in [1.54, 1.807) is 12.5 Å². The quantitative estimate of drug-likeness (QED) is 0.564. The third-order valence-corrected chi connectivity index (χ3v) is 5.40. The number of fused-ring (bicyclic) bond motifs is 1. The largest absolute Gasteiger partial charge is 0.384 e. The van der Waals surface area contributed by atoms with Crippen molar-refractivity contribution in [1.29, 1.82) is 0 Å². The molecule has 1 aliphatic heterocycles. The number of pyridine rings is 2. The number of morpholine rings is 1. The van der Waals surface area contributed by atoms with Crippen molar-refractivity contribution in [3.63, 3.8) is 0 Å². The van der Waals surface area contributed by atoms with Crippen LogP contribution in [0.3, 0.4) is 0 Å². The SMILES string of the molecule is Nc1cc(-c2cncnc2[C@H]2CN(Cc3cccc4cccnc34)CCO2)ccn1. The summed E-state index contributed by atoms with van der Waals surface area (Å²) in [6, 6.07) is 14.2. The Kier molecular flexibility index (Phi) is 5.04. The summed E-state index contributed by atoms with van der Waals surface area (Å²) < 4.78 is 6.12. The fraction of sp³-hybridized carbons (Fsp3) is 0.217. The van der Waals surface area contributed by atoms with Crippen molar-refractivity contribution in [2.24, 2.45) is 0 Å². The summed E-state index contributed by atoms with van der Waals surface area (Å²) in [5.74, 6) is 0.469. The van der Waals surface area contributed by atoms with Crippen LogP contribution >= 0.6 is 0 Å². The van der Waals surface area contributed by atoms with Crippen molar-refractivity contribution in [2.75, 3.05) is 25.4 Å². The van der Waals surface area contributed by atoms with E-state index in [9.17, 15) is 0 Å². The summed E-state index contributed by atoms with van der Waals surface area (Å²) in [4.78, 5) is 19.8. The van der Waals surface area contributed by atoms with E-state index in [1.165, 1.54) is 5.56 Å². The molecule has 0 saturated carbocycles. The van der Waals surface area contributed by atoms with Crippen LogP contribution in [-0.2, 0) is 11.3 Å². The zero-order chi connectivity index (χ0) is 20.3. The number of para-hydroxylation sites is 1.